The van der Waals surface area contributed by atoms with Crippen LogP contribution in [-0.2, 0) is 5.41 Å². The van der Waals surface area contributed by atoms with Gasteiger partial charge >= 0.3 is 0 Å². The second-order valence-electron chi connectivity index (χ2n) is 6.25. The smallest absolute Gasteiger partial charge is 0.171 e. The summed E-state index contributed by atoms with van der Waals surface area (Å²) in [4.78, 5) is 11.3. The van der Waals surface area contributed by atoms with Crippen molar-refractivity contribution in [1.29, 1.82) is 0 Å². The van der Waals surface area contributed by atoms with Crippen LogP contribution in [0, 0.1) is 0 Å². The molecule has 0 radical (unpaired) electrons. The number of carbonyl (C=O) groups excluding carboxylic acids is 1. The Hall–Kier alpha value is -2.29. The van der Waals surface area contributed by atoms with Crippen LogP contribution in [0.3, 0.4) is 0 Å². The summed E-state index contributed by atoms with van der Waals surface area (Å²) < 4.78 is 10.6. The maximum Gasteiger partial charge on any atom is 0.171 e. The first-order chi connectivity index (χ1) is 10.4. The third-order valence-electron chi connectivity index (χ3n) is 3.72. The molecule has 0 bridgehead atoms. The van der Waals surface area contributed by atoms with Crippen LogP contribution in [0.25, 0.3) is 11.1 Å². The van der Waals surface area contributed by atoms with Crippen molar-refractivity contribution < 1.29 is 14.3 Å². The Balaban J connectivity index is 2.51. The first-order valence-electron chi connectivity index (χ1n) is 7.23. The van der Waals surface area contributed by atoms with Gasteiger partial charge in [-0.15, -0.1) is 0 Å². The molecule has 22 heavy (non-hydrogen) atoms. The Bertz CT molecular complexity index is 664. The highest BCUT2D eigenvalue weighted by Crippen LogP contribution is 2.36. The van der Waals surface area contributed by atoms with Crippen LogP contribution in [0.2, 0.25) is 0 Å². The van der Waals surface area contributed by atoms with E-state index in [1.165, 1.54) is 12.7 Å². The molecule has 0 aliphatic heterocycles. The van der Waals surface area contributed by atoms with Gasteiger partial charge in [0.15, 0.2) is 17.8 Å². The Morgan fingerprint density at radius 1 is 0.909 bits per heavy atom. The first kappa shape index (κ1) is 16.1. The number of hydrogen-bond acceptors (Lipinski definition) is 3. The predicted octanol–water partition coefficient (Wildman–Crippen LogP) is 4.48. The molecule has 0 aromatic heterocycles. The molecule has 0 heterocycles. The summed E-state index contributed by atoms with van der Waals surface area (Å²) in [6.45, 7) is 6.55. The highest BCUT2D eigenvalue weighted by molar-refractivity contribution is 5.85. The van der Waals surface area contributed by atoms with E-state index in [-0.39, 0.29) is 5.41 Å². The molecule has 0 aliphatic carbocycles. The van der Waals surface area contributed by atoms with Crippen molar-refractivity contribution in [3.8, 4) is 22.6 Å². The third-order valence-corrected chi connectivity index (χ3v) is 3.72. The highest BCUT2D eigenvalue weighted by Gasteiger charge is 2.15. The van der Waals surface area contributed by atoms with E-state index in [0.29, 0.717) is 17.1 Å². The lowest BCUT2D eigenvalue weighted by atomic mass is 9.86. The van der Waals surface area contributed by atoms with Crippen LogP contribution in [0.5, 0.6) is 11.5 Å². The van der Waals surface area contributed by atoms with Crippen molar-refractivity contribution in [2.24, 2.45) is 0 Å². The SMILES string of the molecule is COc1cc(-c2ccc(C(C)(C)C)cc2)cc(C=O)c1OC. The van der Waals surface area contributed by atoms with Crippen molar-refractivity contribution in [3.63, 3.8) is 0 Å². The van der Waals surface area contributed by atoms with Gasteiger partial charge in [0.1, 0.15) is 0 Å². The summed E-state index contributed by atoms with van der Waals surface area (Å²) in [6, 6.07) is 12.1. The van der Waals surface area contributed by atoms with Crippen LogP contribution in [0.4, 0.5) is 0 Å². The molecule has 2 aromatic rings. The van der Waals surface area contributed by atoms with Crippen molar-refractivity contribution in [2.45, 2.75) is 26.2 Å². The molecule has 0 fully saturated rings. The third kappa shape index (κ3) is 3.14. The van der Waals surface area contributed by atoms with Gasteiger partial charge in [0, 0.05) is 0 Å². The van der Waals surface area contributed by atoms with Crippen molar-refractivity contribution in [2.75, 3.05) is 14.2 Å². The zero-order valence-corrected chi connectivity index (χ0v) is 13.8. The van der Waals surface area contributed by atoms with Crippen LogP contribution in [0.15, 0.2) is 36.4 Å². The van der Waals surface area contributed by atoms with E-state index >= 15 is 0 Å². The minimum atomic E-state index is 0.115. The maximum atomic E-state index is 11.3. The molecule has 0 unspecified atom stereocenters. The number of carbonyl (C=O) groups is 1. The molecule has 2 rings (SSSR count). The standard InChI is InChI=1S/C19H22O3/c1-19(2,3)16-8-6-13(7-9-16)14-10-15(12-20)18(22-5)17(11-14)21-4/h6-12H,1-5H3. The van der Waals surface area contributed by atoms with Crippen LogP contribution in [0.1, 0.15) is 36.7 Å². The lowest BCUT2D eigenvalue weighted by Crippen LogP contribution is -2.10. The van der Waals surface area contributed by atoms with E-state index in [1.807, 2.05) is 12.1 Å². The topological polar surface area (TPSA) is 35.5 Å². The van der Waals surface area contributed by atoms with Gasteiger partial charge in [-0.3, -0.25) is 4.79 Å². The van der Waals surface area contributed by atoms with Gasteiger partial charge in [-0.2, -0.15) is 0 Å². The van der Waals surface area contributed by atoms with Gasteiger partial charge in [-0.25, -0.2) is 0 Å². The van der Waals surface area contributed by atoms with E-state index in [4.69, 9.17) is 9.47 Å². The summed E-state index contributed by atoms with van der Waals surface area (Å²) in [5.74, 6) is 1.02. The van der Waals surface area contributed by atoms with Gasteiger partial charge < -0.3 is 9.47 Å². The fourth-order valence-electron chi connectivity index (χ4n) is 2.41. The largest absolute Gasteiger partial charge is 0.493 e. The molecule has 0 amide bonds. The number of aldehydes is 1. The first-order valence-corrected chi connectivity index (χ1v) is 7.23. The van der Waals surface area contributed by atoms with Gasteiger partial charge in [-0.05, 0) is 34.2 Å². The van der Waals surface area contributed by atoms with E-state index in [9.17, 15) is 4.79 Å². The monoisotopic (exact) mass is 298 g/mol. The zero-order chi connectivity index (χ0) is 16.3. The normalized spacial score (nSPS) is 11.1. The molecular weight excluding hydrogens is 276 g/mol. The second kappa shape index (κ2) is 6.22. The summed E-state index contributed by atoms with van der Waals surface area (Å²) in [5, 5.41) is 0. The van der Waals surface area contributed by atoms with Crippen LogP contribution in [-0.4, -0.2) is 20.5 Å². The number of benzene rings is 2. The van der Waals surface area contributed by atoms with Crippen molar-refractivity contribution in [3.05, 3.63) is 47.5 Å². The molecule has 0 N–H and O–H groups in total. The molecule has 3 heteroatoms. The van der Waals surface area contributed by atoms with Gasteiger partial charge in [0.25, 0.3) is 0 Å². The Kier molecular flexibility index (Phi) is 4.55. The van der Waals surface area contributed by atoms with Crippen molar-refractivity contribution >= 4 is 6.29 Å². The number of methoxy groups -OCH3 is 2. The van der Waals surface area contributed by atoms with Gasteiger partial charge in [0.2, 0.25) is 0 Å². The average Bonchev–Trinajstić information content (AvgIpc) is 2.52. The lowest BCUT2D eigenvalue weighted by Gasteiger charge is -2.19. The number of hydrogen-bond donors (Lipinski definition) is 0. The number of ether oxygens (including phenoxy) is 2. The molecule has 0 aliphatic rings. The van der Waals surface area contributed by atoms with E-state index in [0.717, 1.165) is 17.4 Å². The molecule has 116 valence electrons. The average molecular weight is 298 g/mol. The predicted molar refractivity (Wildman–Crippen MR) is 89.1 cm³/mol. The number of rotatable bonds is 4. The summed E-state index contributed by atoms with van der Waals surface area (Å²) in [5.41, 5.74) is 3.84. The minimum Gasteiger partial charge on any atom is -0.493 e. The summed E-state index contributed by atoms with van der Waals surface area (Å²) in [7, 11) is 3.10. The fraction of sp³-hybridized carbons (Fsp3) is 0.316. The molecule has 3 nitrogen and oxygen atoms in total. The highest BCUT2D eigenvalue weighted by atomic mass is 16.5. The zero-order valence-electron chi connectivity index (χ0n) is 13.8. The van der Waals surface area contributed by atoms with Crippen LogP contribution >= 0.6 is 0 Å². The lowest BCUT2D eigenvalue weighted by molar-refractivity contribution is 0.112. The quantitative estimate of drug-likeness (QED) is 0.781. The fourth-order valence-corrected chi connectivity index (χ4v) is 2.41. The molecule has 2 aromatic carbocycles. The summed E-state index contributed by atoms with van der Waals surface area (Å²) in [6.07, 6.45) is 0.786. The molecule has 0 saturated heterocycles. The molecular formula is C19H22O3. The maximum absolute atomic E-state index is 11.3. The van der Waals surface area contributed by atoms with E-state index < -0.39 is 0 Å². The van der Waals surface area contributed by atoms with E-state index in [2.05, 4.69) is 45.0 Å². The van der Waals surface area contributed by atoms with E-state index in [1.54, 1.807) is 7.11 Å². The molecule has 0 spiro atoms. The Morgan fingerprint density at radius 2 is 1.55 bits per heavy atom. The van der Waals surface area contributed by atoms with Crippen LogP contribution < -0.4 is 9.47 Å². The Labute approximate surface area is 131 Å². The van der Waals surface area contributed by atoms with Crippen molar-refractivity contribution in [1.82, 2.24) is 0 Å². The van der Waals surface area contributed by atoms with Gasteiger partial charge in [0.05, 0.1) is 19.8 Å². The minimum absolute atomic E-state index is 0.115. The summed E-state index contributed by atoms with van der Waals surface area (Å²) >= 11 is 0. The molecule has 0 saturated carbocycles. The molecule has 0 atom stereocenters. The van der Waals surface area contributed by atoms with Gasteiger partial charge in [-0.1, -0.05) is 45.0 Å². The Morgan fingerprint density at radius 3 is 2.00 bits per heavy atom. The second-order valence-corrected chi connectivity index (χ2v) is 6.25.